The molecule has 0 bridgehead atoms. The van der Waals surface area contributed by atoms with Crippen molar-refractivity contribution in [2.24, 2.45) is 23.2 Å². The summed E-state index contributed by atoms with van der Waals surface area (Å²) < 4.78 is 113. The quantitative estimate of drug-likeness (QED) is 0.0869. The SMILES string of the molecule is C[C@]12CC[C@H]3c4ccc(OS(=O)(=O)[O-])cc4C[C@H](CCCCCCCCCS(=O)CCCC(F)(F)C(F)(F)F)[C@H]3[C@H]1CC[C@@H]2O.[Na+]. The van der Waals surface area contributed by atoms with E-state index in [9.17, 15) is 44.2 Å². The second kappa shape index (κ2) is 16.6. The van der Waals surface area contributed by atoms with E-state index in [1.54, 1.807) is 12.1 Å². The summed E-state index contributed by atoms with van der Waals surface area (Å²) in [7, 11) is -6.26. The molecule has 7 atom stereocenters. The van der Waals surface area contributed by atoms with E-state index in [4.69, 9.17) is 0 Å². The molecule has 258 valence electrons. The molecule has 2 saturated carbocycles. The Morgan fingerprint density at radius 3 is 2.26 bits per heavy atom. The molecule has 2 fully saturated rings. The van der Waals surface area contributed by atoms with Gasteiger partial charge in [-0.25, -0.2) is 8.42 Å². The van der Waals surface area contributed by atoms with Crippen LogP contribution in [0.3, 0.4) is 0 Å². The molecule has 1 N–H and O–H groups in total. The van der Waals surface area contributed by atoms with Crippen molar-refractivity contribution in [3.8, 4) is 5.75 Å². The Kier molecular flexibility index (Phi) is 14.5. The summed E-state index contributed by atoms with van der Waals surface area (Å²) in [5.74, 6) is -2.97. The predicted octanol–water partition coefficient (Wildman–Crippen LogP) is 4.82. The van der Waals surface area contributed by atoms with Gasteiger partial charge < -0.3 is 13.8 Å². The van der Waals surface area contributed by atoms with Crippen molar-refractivity contribution in [2.45, 2.75) is 127 Å². The van der Waals surface area contributed by atoms with E-state index in [2.05, 4.69) is 11.1 Å². The van der Waals surface area contributed by atoms with Gasteiger partial charge in [0, 0.05) is 28.7 Å². The molecule has 0 heterocycles. The van der Waals surface area contributed by atoms with Gasteiger partial charge >= 0.3 is 41.7 Å². The smallest absolute Gasteiger partial charge is 0.716 e. The van der Waals surface area contributed by atoms with Crippen molar-refractivity contribution in [1.82, 2.24) is 0 Å². The summed E-state index contributed by atoms with van der Waals surface area (Å²) in [6, 6.07) is 5.19. The second-order valence-electron chi connectivity index (χ2n) is 13.7. The first kappa shape index (κ1) is 40.1. The summed E-state index contributed by atoms with van der Waals surface area (Å²) in [6.45, 7) is 2.23. The van der Waals surface area contributed by atoms with Gasteiger partial charge in [0.25, 0.3) is 10.4 Å². The molecule has 4 rings (SSSR count). The molecule has 0 saturated heterocycles. The number of rotatable bonds is 16. The average Bonchev–Trinajstić information content (AvgIpc) is 3.24. The molecule has 0 aromatic heterocycles. The van der Waals surface area contributed by atoms with Crippen LogP contribution < -0.4 is 33.7 Å². The maximum atomic E-state index is 13.0. The molecule has 0 spiro atoms. The fourth-order valence-corrected chi connectivity index (χ4v) is 9.98. The summed E-state index contributed by atoms with van der Waals surface area (Å²) in [4.78, 5) is 0. The van der Waals surface area contributed by atoms with Gasteiger partial charge in [0.2, 0.25) is 0 Å². The second-order valence-corrected chi connectivity index (χ2v) is 16.3. The van der Waals surface area contributed by atoms with Gasteiger partial charge in [0.15, 0.2) is 0 Å². The van der Waals surface area contributed by atoms with Crippen LogP contribution in [0.5, 0.6) is 5.75 Å². The van der Waals surface area contributed by atoms with Gasteiger partial charge in [0.05, 0.1) is 6.10 Å². The van der Waals surface area contributed by atoms with Crippen molar-refractivity contribution < 1.29 is 78.0 Å². The first-order valence-corrected chi connectivity index (χ1v) is 19.1. The van der Waals surface area contributed by atoms with Crippen LogP contribution in [0.15, 0.2) is 18.2 Å². The number of unbranched alkanes of at least 4 members (excludes halogenated alkanes) is 6. The van der Waals surface area contributed by atoms with Crippen molar-refractivity contribution >= 4 is 21.2 Å². The van der Waals surface area contributed by atoms with Crippen molar-refractivity contribution in [1.29, 1.82) is 0 Å². The Morgan fingerprint density at radius 2 is 1.61 bits per heavy atom. The summed E-state index contributed by atoms with van der Waals surface area (Å²) in [6.07, 6.45) is 4.44. The zero-order valence-corrected chi connectivity index (χ0v) is 30.5. The number of aliphatic hydroxyl groups excluding tert-OH is 1. The third-order valence-corrected chi connectivity index (χ3v) is 12.6. The Bertz CT molecular complexity index is 1280. The Morgan fingerprint density at radius 1 is 0.978 bits per heavy atom. The number of hydrogen-bond donors (Lipinski definition) is 1. The van der Waals surface area contributed by atoms with E-state index in [0.29, 0.717) is 35.8 Å². The molecule has 0 amide bonds. The number of alkyl halides is 5. The van der Waals surface area contributed by atoms with E-state index in [1.807, 2.05) is 6.07 Å². The van der Waals surface area contributed by atoms with Crippen LogP contribution in [0, 0.1) is 23.2 Å². The average molecular weight is 709 g/mol. The minimum absolute atomic E-state index is 0. The van der Waals surface area contributed by atoms with Crippen LogP contribution in [-0.2, 0) is 27.6 Å². The van der Waals surface area contributed by atoms with Crippen molar-refractivity contribution in [3.63, 3.8) is 0 Å². The molecule has 14 heteroatoms. The fourth-order valence-electron chi connectivity index (χ4n) is 8.44. The van der Waals surface area contributed by atoms with Crippen LogP contribution in [0.1, 0.15) is 114 Å². The van der Waals surface area contributed by atoms with Gasteiger partial charge in [-0.1, -0.05) is 51.5 Å². The molecule has 6 nitrogen and oxygen atoms in total. The first-order valence-electron chi connectivity index (χ1n) is 16.3. The largest absolute Gasteiger partial charge is 1.00 e. The molecule has 0 radical (unpaired) electrons. The summed E-state index contributed by atoms with van der Waals surface area (Å²) in [5, 5.41) is 10.9. The molecule has 0 aliphatic heterocycles. The molecule has 46 heavy (non-hydrogen) atoms. The Balaban J connectivity index is 0.00000576. The number of halogens is 5. The predicted molar refractivity (Wildman–Crippen MR) is 161 cm³/mol. The first-order chi connectivity index (χ1) is 21.0. The van der Waals surface area contributed by atoms with E-state index >= 15 is 0 Å². The number of fused-ring (bicyclic) bond motifs is 5. The monoisotopic (exact) mass is 708 g/mol. The maximum Gasteiger partial charge on any atom is 1.00 e. The molecule has 1 aromatic rings. The van der Waals surface area contributed by atoms with Gasteiger partial charge in [-0.2, -0.15) is 22.0 Å². The van der Waals surface area contributed by atoms with Crippen LogP contribution in [0.25, 0.3) is 0 Å². The van der Waals surface area contributed by atoms with Gasteiger partial charge in [-0.3, -0.25) is 4.21 Å². The van der Waals surface area contributed by atoms with E-state index < -0.39 is 46.1 Å². The minimum atomic E-state index is -5.57. The molecular weight excluding hydrogens is 662 g/mol. The molecule has 3 aliphatic carbocycles. The summed E-state index contributed by atoms with van der Waals surface area (Å²) in [5.41, 5.74) is 2.15. The number of hydrogen-bond acceptors (Lipinski definition) is 6. The zero-order chi connectivity index (χ0) is 33.0. The molecule has 3 aliphatic rings. The topological polar surface area (TPSA) is 104 Å². The third-order valence-electron chi connectivity index (χ3n) is 10.7. The van der Waals surface area contributed by atoms with Gasteiger partial charge in [-0.05, 0) is 104 Å². The van der Waals surface area contributed by atoms with Gasteiger partial charge in [0.1, 0.15) is 5.75 Å². The third kappa shape index (κ3) is 10.1. The molecular formula is C32H46F5NaO6S2. The molecule has 1 aromatic carbocycles. The van der Waals surface area contributed by atoms with Crippen molar-refractivity contribution in [3.05, 3.63) is 29.3 Å². The van der Waals surface area contributed by atoms with E-state index in [-0.39, 0.29) is 52.6 Å². The van der Waals surface area contributed by atoms with E-state index in [1.165, 1.54) is 5.56 Å². The fraction of sp³-hybridized carbons (Fsp3) is 0.812. The van der Waals surface area contributed by atoms with Crippen LogP contribution >= 0.6 is 0 Å². The molecule has 1 unspecified atom stereocenters. The van der Waals surface area contributed by atoms with Crippen molar-refractivity contribution in [2.75, 3.05) is 11.5 Å². The zero-order valence-electron chi connectivity index (χ0n) is 26.8. The standard InChI is InChI=1S/C32H47F5O6S2.Na/c1-30-17-15-26-25-12-11-24(43-45(40,41)42)21-23(25)20-22(29(26)27(30)13-14-28(30)38)10-7-5-3-2-4-6-8-18-44(39)19-9-16-31(33,34)32(35,36)37;/h11-12,21-22,26-29,38H,2-10,13-20H2,1H3,(H,40,41,42);/q;+1/p-1/t22-,26-,27+,28-,29+,30-,44?;/m0./s1. The van der Waals surface area contributed by atoms with Gasteiger partial charge in [-0.15, -0.1) is 0 Å². The van der Waals surface area contributed by atoms with Crippen LogP contribution in [0.4, 0.5) is 22.0 Å². The number of aliphatic hydroxyl groups is 1. The maximum absolute atomic E-state index is 13.0. The van der Waals surface area contributed by atoms with Crippen LogP contribution in [0.2, 0.25) is 0 Å². The number of benzene rings is 1. The Labute approximate surface area is 294 Å². The minimum Gasteiger partial charge on any atom is -0.716 e. The van der Waals surface area contributed by atoms with Crippen LogP contribution in [-0.4, -0.2) is 52.0 Å². The summed E-state index contributed by atoms with van der Waals surface area (Å²) >= 11 is 0. The van der Waals surface area contributed by atoms with E-state index in [0.717, 1.165) is 82.6 Å². The Hall–Kier alpha value is -0.310. The normalized spacial score (nSPS) is 28.5.